The van der Waals surface area contributed by atoms with Crippen molar-refractivity contribution in [3.05, 3.63) is 59.2 Å². The molecule has 0 spiro atoms. The van der Waals surface area contributed by atoms with Crippen LogP contribution in [0.2, 0.25) is 0 Å². The lowest BCUT2D eigenvalue weighted by molar-refractivity contribution is 0.0816. The summed E-state index contributed by atoms with van der Waals surface area (Å²) in [5.74, 6) is 0.0855. The molecular weight excluding hydrogens is 274 g/mol. The summed E-state index contributed by atoms with van der Waals surface area (Å²) in [5.41, 5.74) is 10.7. The zero-order valence-corrected chi connectivity index (χ0v) is 12.4. The van der Waals surface area contributed by atoms with Gasteiger partial charge in [0, 0.05) is 25.6 Å². The molecule has 0 saturated carbocycles. The zero-order chi connectivity index (χ0) is 15.7. The van der Waals surface area contributed by atoms with Crippen molar-refractivity contribution in [2.75, 3.05) is 7.05 Å². The number of nitriles is 1. The average Bonchev–Trinajstić information content (AvgIpc) is 2.82. The van der Waals surface area contributed by atoms with E-state index in [1.165, 1.54) is 0 Å². The third-order valence-electron chi connectivity index (χ3n) is 4.00. The molecule has 0 fully saturated rings. The van der Waals surface area contributed by atoms with Gasteiger partial charge in [0.1, 0.15) is 0 Å². The molecular formula is C18H17N3O. The standard InChI is InChI=1S/C18H17N3O/c1-21-11-15-9-14(6-7-17(15)18(21)22)13-4-2-12(3-5-13)8-16(20)10-19/h2-7,9,16H,8,11,20H2,1H3. The molecule has 1 unspecified atom stereocenters. The summed E-state index contributed by atoms with van der Waals surface area (Å²) in [6, 6.07) is 15.6. The van der Waals surface area contributed by atoms with E-state index in [1.807, 2.05) is 49.5 Å². The van der Waals surface area contributed by atoms with Gasteiger partial charge in [0.2, 0.25) is 0 Å². The van der Waals surface area contributed by atoms with Gasteiger partial charge in [-0.1, -0.05) is 30.3 Å². The molecule has 1 aliphatic heterocycles. The molecule has 2 aromatic rings. The number of nitrogens with zero attached hydrogens (tertiary/aromatic N) is 2. The average molecular weight is 291 g/mol. The number of benzene rings is 2. The first kappa shape index (κ1) is 14.3. The highest BCUT2D eigenvalue weighted by molar-refractivity contribution is 5.98. The maximum absolute atomic E-state index is 11.9. The van der Waals surface area contributed by atoms with E-state index in [1.54, 1.807) is 4.90 Å². The highest BCUT2D eigenvalue weighted by Crippen LogP contribution is 2.28. The van der Waals surface area contributed by atoms with Crippen molar-refractivity contribution in [2.24, 2.45) is 5.73 Å². The minimum Gasteiger partial charge on any atom is -0.337 e. The Morgan fingerprint density at radius 2 is 1.91 bits per heavy atom. The van der Waals surface area contributed by atoms with Crippen molar-refractivity contribution >= 4 is 5.91 Å². The number of carbonyl (C=O) groups excluding carboxylic acids is 1. The van der Waals surface area contributed by atoms with Gasteiger partial charge in [-0.05, 0) is 34.4 Å². The lowest BCUT2D eigenvalue weighted by Gasteiger charge is -2.07. The molecule has 0 aliphatic carbocycles. The van der Waals surface area contributed by atoms with Crippen molar-refractivity contribution in [2.45, 2.75) is 19.0 Å². The van der Waals surface area contributed by atoms with Gasteiger partial charge < -0.3 is 10.6 Å². The Bertz CT molecular complexity index is 759. The van der Waals surface area contributed by atoms with Crippen molar-refractivity contribution in [3.8, 4) is 17.2 Å². The Hall–Kier alpha value is -2.64. The van der Waals surface area contributed by atoms with Gasteiger partial charge in [-0.2, -0.15) is 5.26 Å². The molecule has 4 nitrogen and oxygen atoms in total. The van der Waals surface area contributed by atoms with Gasteiger partial charge in [0.25, 0.3) is 5.91 Å². The molecule has 0 aromatic heterocycles. The summed E-state index contributed by atoms with van der Waals surface area (Å²) in [4.78, 5) is 13.6. The molecule has 1 heterocycles. The number of hydrogen-bond donors (Lipinski definition) is 1. The summed E-state index contributed by atoms with van der Waals surface area (Å²) in [7, 11) is 1.81. The molecule has 2 N–H and O–H groups in total. The van der Waals surface area contributed by atoms with Crippen molar-refractivity contribution in [1.82, 2.24) is 4.90 Å². The number of rotatable bonds is 3. The Balaban J connectivity index is 1.85. The Morgan fingerprint density at radius 1 is 1.23 bits per heavy atom. The van der Waals surface area contributed by atoms with E-state index in [4.69, 9.17) is 11.0 Å². The van der Waals surface area contributed by atoms with Crippen LogP contribution in [0.4, 0.5) is 0 Å². The minimum absolute atomic E-state index is 0.0855. The normalized spacial score (nSPS) is 14.6. The highest BCUT2D eigenvalue weighted by atomic mass is 16.2. The molecule has 0 radical (unpaired) electrons. The van der Waals surface area contributed by atoms with E-state index in [0.717, 1.165) is 27.8 Å². The largest absolute Gasteiger partial charge is 0.337 e. The van der Waals surface area contributed by atoms with Gasteiger partial charge in [0.15, 0.2) is 0 Å². The summed E-state index contributed by atoms with van der Waals surface area (Å²) < 4.78 is 0. The fraction of sp³-hybridized carbons (Fsp3) is 0.222. The first-order valence-electron chi connectivity index (χ1n) is 7.21. The summed E-state index contributed by atoms with van der Waals surface area (Å²) in [5, 5.41) is 8.75. The molecule has 4 heteroatoms. The topological polar surface area (TPSA) is 70.1 Å². The van der Waals surface area contributed by atoms with E-state index in [2.05, 4.69) is 6.07 Å². The number of fused-ring (bicyclic) bond motifs is 1. The maximum Gasteiger partial charge on any atom is 0.254 e. The second-order valence-corrected chi connectivity index (χ2v) is 5.67. The molecule has 0 saturated heterocycles. The Labute approximate surface area is 129 Å². The number of amides is 1. The van der Waals surface area contributed by atoms with Crippen LogP contribution in [0.5, 0.6) is 0 Å². The molecule has 2 aromatic carbocycles. The van der Waals surface area contributed by atoms with Crippen molar-refractivity contribution < 1.29 is 4.79 Å². The van der Waals surface area contributed by atoms with Crippen LogP contribution in [0.15, 0.2) is 42.5 Å². The second kappa shape index (κ2) is 5.63. The van der Waals surface area contributed by atoms with Gasteiger partial charge in [-0.3, -0.25) is 4.79 Å². The van der Waals surface area contributed by atoms with Crippen molar-refractivity contribution in [1.29, 1.82) is 5.26 Å². The van der Waals surface area contributed by atoms with E-state index in [9.17, 15) is 4.79 Å². The molecule has 3 rings (SSSR count). The summed E-state index contributed by atoms with van der Waals surface area (Å²) in [6.07, 6.45) is 0.556. The van der Waals surface area contributed by atoms with E-state index >= 15 is 0 Å². The van der Waals surface area contributed by atoms with Gasteiger partial charge >= 0.3 is 0 Å². The minimum atomic E-state index is -0.465. The van der Waals surface area contributed by atoms with E-state index in [-0.39, 0.29) is 5.91 Å². The van der Waals surface area contributed by atoms with Crippen LogP contribution in [0.1, 0.15) is 21.5 Å². The number of nitrogens with two attached hydrogens (primary N) is 1. The maximum atomic E-state index is 11.9. The third-order valence-corrected chi connectivity index (χ3v) is 4.00. The van der Waals surface area contributed by atoms with Crippen LogP contribution in [0, 0.1) is 11.3 Å². The Morgan fingerprint density at radius 3 is 2.59 bits per heavy atom. The summed E-state index contributed by atoms with van der Waals surface area (Å²) >= 11 is 0. The van der Waals surface area contributed by atoms with Gasteiger partial charge in [0.05, 0.1) is 12.1 Å². The van der Waals surface area contributed by atoms with Gasteiger partial charge in [-0.25, -0.2) is 0 Å². The van der Waals surface area contributed by atoms with Crippen LogP contribution < -0.4 is 5.73 Å². The smallest absolute Gasteiger partial charge is 0.254 e. The van der Waals surface area contributed by atoms with Crippen molar-refractivity contribution in [3.63, 3.8) is 0 Å². The molecule has 110 valence electrons. The summed E-state index contributed by atoms with van der Waals surface area (Å²) in [6.45, 7) is 0.664. The van der Waals surface area contributed by atoms with E-state index < -0.39 is 6.04 Å². The monoisotopic (exact) mass is 291 g/mol. The number of hydrogen-bond acceptors (Lipinski definition) is 3. The first-order chi connectivity index (χ1) is 10.6. The first-order valence-corrected chi connectivity index (χ1v) is 7.21. The van der Waals surface area contributed by atoms with Crippen LogP contribution in [-0.2, 0) is 13.0 Å². The van der Waals surface area contributed by atoms with Crippen LogP contribution in [0.25, 0.3) is 11.1 Å². The molecule has 1 amide bonds. The second-order valence-electron chi connectivity index (χ2n) is 5.67. The highest BCUT2D eigenvalue weighted by Gasteiger charge is 2.24. The van der Waals surface area contributed by atoms with Crippen LogP contribution in [-0.4, -0.2) is 23.9 Å². The lowest BCUT2D eigenvalue weighted by Crippen LogP contribution is -2.19. The quantitative estimate of drug-likeness (QED) is 0.943. The molecule has 1 atom stereocenters. The fourth-order valence-corrected chi connectivity index (χ4v) is 2.78. The predicted molar refractivity (Wildman–Crippen MR) is 85.0 cm³/mol. The fourth-order valence-electron chi connectivity index (χ4n) is 2.78. The van der Waals surface area contributed by atoms with Gasteiger partial charge in [-0.15, -0.1) is 0 Å². The van der Waals surface area contributed by atoms with Crippen LogP contribution >= 0.6 is 0 Å². The molecule has 22 heavy (non-hydrogen) atoms. The predicted octanol–water partition coefficient (Wildman–Crippen LogP) is 2.33. The van der Waals surface area contributed by atoms with E-state index in [0.29, 0.717) is 13.0 Å². The Kier molecular flexibility index (Phi) is 3.66. The lowest BCUT2D eigenvalue weighted by atomic mass is 9.98. The SMILES string of the molecule is CN1Cc2cc(-c3ccc(CC(N)C#N)cc3)ccc2C1=O. The number of carbonyl (C=O) groups is 1. The molecule has 0 bridgehead atoms. The van der Waals surface area contributed by atoms with Crippen LogP contribution in [0.3, 0.4) is 0 Å². The third kappa shape index (κ3) is 2.59. The zero-order valence-electron chi connectivity index (χ0n) is 12.4. The molecule has 1 aliphatic rings.